The molecule has 0 fully saturated rings. The first-order chi connectivity index (χ1) is 4.09. The highest BCUT2D eigenvalue weighted by molar-refractivity contribution is 5.08. The smallest absolute Gasteiger partial charge is 0.00406 e. The Morgan fingerprint density at radius 1 is 1.44 bits per heavy atom. The van der Waals surface area contributed by atoms with Crippen LogP contribution in [0.5, 0.6) is 0 Å². The third kappa shape index (κ3) is 2.54. The van der Waals surface area contributed by atoms with Crippen molar-refractivity contribution >= 4 is 0 Å². The Bertz CT molecular complexity index is 110. The van der Waals surface area contributed by atoms with Gasteiger partial charge >= 0.3 is 0 Å². The quantitative estimate of drug-likeness (QED) is 0.605. The summed E-state index contributed by atoms with van der Waals surface area (Å²) >= 11 is 0. The van der Waals surface area contributed by atoms with Gasteiger partial charge in [-0.05, 0) is 26.2 Å². The van der Waals surface area contributed by atoms with Crippen molar-refractivity contribution in [2.75, 3.05) is 0 Å². The number of rotatable bonds is 2. The van der Waals surface area contributed by atoms with E-state index in [0.29, 0.717) is 5.92 Å². The van der Waals surface area contributed by atoms with Crippen LogP contribution in [0.25, 0.3) is 0 Å². The maximum Gasteiger partial charge on any atom is 0.00406 e. The highest BCUT2D eigenvalue weighted by atomic mass is 14.6. The minimum atomic E-state index is 0.648. The van der Waals surface area contributed by atoms with Gasteiger partial charge in [0.1, 0.15) is 0 Å². The molecule has 1 unspecified atom stereocenters. The van der Waals surface area contributed by atoms with E-state index in [1.54, 1.807) is 0 Å². The third-order valence-electron chi connectivity index (χ3n) is 1.97. The zero-order valence-electron chi connectivity index (χ0n) is 6.86. The molecule has 9 heavy (non-hydrogen) atoms. The number of hydrogen-bond acceptors (Lipinski definition) is 1. The van der Waals surface area contributed by atoms with Gasteiger partial charge in [-0.3, -0.25) is 0 Å². The second-order valence-corrected chi connectivity index (χ2v) is 2.68. The summed E-state index contributed by atoms with van der Waals surface area (Å²) < 4.78 is 0. The first-order valence-corrected chi connectivity index (χ1v) is 3.52. The Hall–Kier alpha value is -0.460. The molecular weight excluding hydrogens is 110 g/mol. The molecule has 0 saturated heterocycles. The molecule has 1 heteroatoms. The van der Waals surface area contributed by atoms with Crippen LogP contribution < -0.4 is 5.73 Å². The fourth-order valence-corrected chi connectivity index (χ4v) is 0.695. The Morgan fingerprint density at radius 2 is 1.89 bits per heavy atom. The molecule has 0 bridgehead atoms. The van der Waals surface area contributed by atoms with Crippen molar-refractivity contribution in [2.45, 2.75) is 34.1 Å². The first-order valence-electron chi connectivity index (χ1n) is 3.52. The predicted octanol–water partition coefficient (Wildman–Crippen LogP) is 2.29. The van der Waals surface area contributed by atoms with E-state index in [0.717, 1.165) is 5.70 Å². The molecule has 0 amide bonds. The van der Waals surface area contributed by atoms with Crippen LogP contribution in [0.4, 0.5) is 0 Å². The summed E-state index contributed by atoms with van der Waals surface area (Å²) in [5.41, 5.74) is 7.90. The fraction of sp³-hybridized carbons (Fsp3) is 0.750. The van der Waals surface area contributed by atoms with E-state index in [9.17, 15) is 0 Å². The van der Waals surface area contributed by atoms with E-state index >= 15 is 0 Å². The monoisotopic (exact) mass is 127 g/mol. The average Bonchev–Trinajstić information content (AvgIpc) is 1.84. The van der Waals surface area contributed by atoms with E-state index in [1.807, 2.05) is 6.92 Å². The highest BCUT2D eigenvalue weighted by Crippen LogP contribution is 2.14. The van der Waals surface area contributed by atoms with Gasteiger partial charge in [-0.15, -0.1) is 0 Å². The standard InChI is InChI=1S/C8H17N/c1-5-6(2)7(3)8(4)9/h6H,5,9H2,1-4H3/b8-7-. The molecular formula is C8H17N. The van der Waals surface area contributed by atoms with Crippen molar-refractivity contribution in [2.24, 2.45) is 11.7 Å². The lowest BCUT2D eigenvalue weighted by atomic mass is 9.99. The molecule has 0 aliphatic carbocycles. The molecule has 0 spiro atoms. The van der Waals surface area contributed by atoms with Gasteiger partial charge in [-0.2, -0.15) is 0 Å². The Morgan fingerprint density at radius 3 is 2.00 bits per heavy atom. The van der Waals surface area contributed by atoms with Crippen LogP contribution in [0, 0.1) is 5.92 Å². The maximum atomic E-state index is 5.59. The first kappa shape index (κ1) is 8.54. The normalized spacial score (nSPS) is 16.9. The lowest BCUT2D eigenvalue weighted by Gasteiger charge is -2.09. The van der Waals surface area contributed by atoms with E-state index in [4.69, 9.17) is 5.73 Å². The third-order valence-corrected chi connectivity index (χ3v) is 1.97. The Balaban J connectivity index is 4.02. The summed E-state index contributed by atoms with van der Waals surface area (Å²) in [7, 11) is 0. The molecule has 0 heterocycles. The number of hydrogen-bond donors (Lipinski definition) is 1. The predicted molar refractivity (Wildman–Crippen MR) is 42.0 cm³/mol. The van der Waals surface area contributed by atoms with E-state index in [-0.39, 0.29) is 0 Å². The zero-order chi connectivity index (χ0) is 7.44. The topological polar surface area (TPSA) is 26.0 Å². The van der Waals surface area contributed by atoms with E-state index < -0.39 is 0 Å². The Labute approximate surface area is 57.9 Å². The van der Waals surface area contributed by atoms with Gasteiger partial charge in [-0.1, -0.05) is 19.4 Å². The molecule has 0 aromatic carbocycles. The number of allylic oxidation sites excluding steroid dienone is 2. The molecule has 0 aliphatic heterocycles. The SMILES string of the molecule is CCC(C)/C(C)=C(/C)N. The van der Waals surface area contributed by atoms with Gasteiger partial charge in [0.2, 0.25) is 0 Å². The van der Waals surface area contributed by atoms with Gasteiger partial charge in [0.05, 0.1) is 0 Å². The van der Waals surface area contributed by atoms with Crippen LogP contribution in [0.1, 0.15) is 34.1 Å². The van der Waals surface area contributed by atoms with Gasteiger partial charge in [0.15, 0.2) is 0 Å². The van der Waals surface area contributed by atoms with Crippen LogP contribution in [-0.2, 0) is 0 Å². The second kappa shape index (κ2) is 3.54. The minimum absolute atomic E-state index is 0.648. The van der Waals surface area contributed by atoms with E-state index in [2.05, 4.69) is 20.8 Å². The lowest BCUT2D eigenvalue weighted by molar-refractivity contribution is 0.647. The molecule has 2 N–H and O–H groups in total. The largest absolute Gasteiger partial charge is 0.402 e. The summed E-state index contributed by atoms with van der Waals surface area (Å²) in [5.74, 6) is 0.648. The molecule has 54 valence electrons. The fourth-order valence-electron chi connectivity index (χ4n) is 0.695. The molecule has 0 saturated carbocycles. The van der Waals surface area contributed by atoms with Crippen molar-refractivity contribution in [1.29, 1.82) is 0 Å². The summed E-state index contributed by atoms with van der Waals surface area (Å²) in [4.78, 5) is 0. The summed E-state index contributed by atoms with van der Waals surface area (Å²) in [5, 5.41) is 0. The molecule has 1 atom stereocenters. The summed E-state index contributed by atoms with van der Waals surface area (Å²) in [6.07, 6.45) is 1.18. The van der Waals surface area contributed by atoms with Crippen LogP contribution >= 0.6 is 0 Å². The van der Waals surface area contributed by atoms with Crippen LogP contribution in [0.15, 0.2) is 11.3 Å². The van der Waals surface area contributed by atoms with Crippen molar-refractivity contribution in [1.82, 2.24) is 0 Å². The number of nitrogens with two attached hydrogens (primary N) is 1. The molecule has 0 aliphatic rings. The summed E-state index contributed by atoms with van der Waals surface area (Å²) in [6, 6.07) is 0. The van der Waals surface area contributed by atoms with Crippen LogP contribution in [-0.4, -0.2) is 0 Å². The average molecular weight is 127 g/mol. The molecule has 0 rings (SSSR count). The van der Waals surface area contributed by atoms with Crippen molar-refractivity contribution in [3.05, 3.63) is 11.3 Å². The van der Waals surface area contributed by atoms with Gasteiger partial charge in [0, 0.05) is 5.70 Å². The van der Waals surface area contributed by atoms with Crippen molar-refractivity contribution in [3.8, 4) is 0 Å². The van der Waals surface area contributed by atoms with Gasteiger partial charge < -0.3 is 5.73 Å². The maximum absolute atomic E-state index is 5.59. The van der Waals surface area contributed by atoms with Crippen molar-refractivity contribution in [3.63, 3.8) is 0 Å². The molecule has 1 nitrogen and oxygen atoms in total. The van der Waals surface area contributed by atoms with Gasteiger partial charge in [0.25, 0.3) is 0 Å². The molecule has 0 aromatic rings. The second-order valence-electron chi connectivity index (χ2n) is 2.68. The van der Waals surface area contributed by atoms with Crippen LogP contribution in [0.3, 0.4) is 0 Å². The van der Waals surface area contributed by atoms with Gasteiger partial charge in [-0.25, -0.2) is 0 Å². The highest BCUT2D eigenvalue weighted by Gasteiger charge is 2.01. The lowest BCUT2D eigenvalue weighted by Crippen LogP contribution is -2.02. The zero-order valence-corrected chi connectivity index (χ0v) is 6.86. The summed E-state index contributed by atoms with van der Waals surface area (Å²) in [6.45, 7) is 8.44. The Kier molecular flexibility index (Phi) is 3.36. The van der Waals surface area contributed by atoms with E-state index in [1.165, 1.54) is 12.0 Å². The molecule has 0 aromatic heterocycles. The van der Waals surface area contributed by atoms with Crippen LogP contribution in [0.2, 0.25) is 0 Å². The minimum Gasteiger partial charge on any atom is -0.402 e. The molecule has 0 radical (unpaired) electrons. The van der Waals surface area contributed by atoms with Crippen molar-refractivity contribution < 1.29 is 0 Å².